The molecular formula is C37H35ClF3N3O5S. The molecule has 13 heteroatoms. The summed E-state index contributed by atoms with van der Waals surface area (Å²) in [6.45, 7) is 6.28. The highest BCUT2D eigenvalue weighted by atomic mass is 35.5. The number of aliphatic imine (C=N–C) groups is 1. The lowest BCUT2D eigenvalue weighted by Crippen LogP contribution is -2.16. The standard InChI is InChI=1S/C37H35ClF3N3O5S/c1-36(2,3)28-13-8-25(9-14-28)31(20-23-4-6-26(7-5-23)35(42)43-18-19-50(45,46)47)33-22-34(49-44-33)27-12-17-32(38)30(21-27)24-10-15-29(16-11-24)48-37(39,40)41/h4-17,21-22,31H,18-20H2,1-3H3,(H2,42,43)(H,45,46,47). The normalized spacial score (nSPS) is 13.3. The molecule has 3 N–H and O–H groups in total. The summed E-state index contributed by atoms with van der Waals surface area (Å²) in [4.78, 5) is 4.05. The molecule has 5 aromatic rings. The topological polar surface area (TPSA) is 128 Å². The van der Waals surface area contributed by atoms with Crippen LogP contribution in [0, 0.1) is 0 Å². The molecule has 0 aliphatic rings. The molecule has 5 rings (SSSR count). The van der Waals surface area contributed by atoms with Crippen molar-refractivity contribution in [2.75, 3.05) is 12.3 Å². The Balaban J connectivity index is 1.43. The van der Waals surface area contributed by atoms with Gasteiger partial charge in [-0.05, 0) is 64.4 Å². The smallest absolute Gasteiger partial charge is 0.406 e. The minimum atomic E-state index is -4.79. The SMILES string of the molecule is CC(C)(C)c1ccc(C(Cc2ccc(C(N)=NCCS(=O)(=O)O)cc2)c2cc(-c3ccc(Cl)c(-c4ccc(OC(F)(F)F)cc4)c3)on2)cc1. The van der Waals surface area contributed by atoms with E-state index < -0.39 is 22.2 Å². The van der Waals surface area contributed by atoms with Crippen molar-refractivity contribution in [1.82, 2.24) is 5.16 Å². The Morgan fingerprint density at radius 1 is 0.940 bits per heavy atom. The Hall–Kier alpha value is -4.65. The summed E-state index contributed by atoms with van der Waals surface area (Å²) in [6.07, 6.45) is -4.24. The molecular weight excluding hydrogens is 691 g/mol. The molecule has 8 nitrogen and oxygen atoms in total. The van der Waals surface area contributed by atoms with E-state index in [4.69, 9.17) is 26.4 Å². The molecule has 0 spiro atoms. The molecule has 0 fully saturated rings. The summed E-state index contributed by atoms with van der Waals surface area (Å²) >= 11 is 6.50. The molecule has 1 atom stereocenters. The maximum Gasteiger partial charge on any atom is 0.573 e. The number of hydrogen-bond acceptors (Lipinski definition) is 6. The highest BCUT2D eigenvalue weighted by Gasteiger charge is 2.31. The molecule has 1 aromatic heterocycles. The van der Waals surface area contributed by atoms with Crippen molar-refractivity contribution in [3.8, 4) is 28.2 Å². The van der Waals surface area contributed by atoms with Gasteiger partial charge in [-0.1, -0.05) is 98.2 Å². The number of rotatable bonds is 11. The third kappa shape index (κ3) is 9.74. The number of amidine groups is 1. The highest BCUT2D eigenvalue weighted by molar-refractivity contribution is 7.85. The van der Waals surface area contributed by atoms with Gasteiger partial charge in [0.2, 0.25) is 0 Å². The van der Waals surface area contributed by atoms with Gasteiger partial charge in [-0.2, -0.15) is 8.42 Å². The predicted molar refractivity (Wildman–Crippen MR) is 188 cm³/mol. The first-order chi connectivity index (χ1) is 23.4. The summed E-state index contributed by atoms with van der Waals surface area (Å²) in [5.74, 6) is -0.427. The van der Waals surface area contributed by atoms with Crippen LogP contribution < -0.4 is 10.5 Å². The van der Waals surface area contributed by atoms with Crippen molar-refractivity contribution in [3.05, 3.63) is 130 Å². The molecule has 0 bridgehead atoms. The quantitative estimate of drug-likeness (QED) is 0.0791. The van der Waals surface area contributed by atoms with E-state index in [9.17, 15) is 21.6 Å². The second-order valence-electron chi connectivity index (χ2n) is 12.8. The third-order valence-electron chi connectivity index (χ3n) is 8.04. The Kier molecular flexibility index (Phi) is 10.8. The first-order valence-corrected chi connectivity index (χ1v) is 17.5. The average Bonchev–Trinajstić information content (AvgIpc) is 3.53. The van der Waals surface area contributed by atoms with Crippen LogP contribution in [0.3, 0.4) is 0 Å². The second kappa shape index (κ2) is 14.7. The van der Waals surface area contributed by atoms with E-state index in [1.807, 2.05) is 18.2 Å². The van der Waals surface area contributed by atoms with Gasteiger partial charge in [0, 0.05) is 33.7 Å². The zero-order valence-electron chi connectivity index (χ0n) is 27.4. The number of aromatic nitrogens is 1. The lowest BCUT2D eigenvalue weighted by Gasteiger charge is -2.21. The zero-order chi connectivity index (χ0) is 36.3. The Labute approximate surface area is 293 Å². The lowest BCUT2D eigenvalue weighted by molar-refractivity contribution is -0.274. The van der Waals surface area contributed by atoms with Gasteiger partial charge in [0.1, 0.15) is 11.6 Å². The summed E-state index contributed by atoms with van der Waals surface area (Å²) < 4.78 is 78.7. The number of nitrogens with two attached hydrogens (primary N) is 1. The van der Waals surface area contributed by atoms with Crippen molar-refractivity contribution in [1.29, 1.82) is 0 Å². The van der Waals surface area contributed by atoms with Crippen LogP contribution in [0.15, 0.2) is 107 Å². The van der Waals surface area contributed by atoms with Crippen LogP contribution in [0.2, 0.25) is 5.02 Å². The fourth-order valence-corrected chi connectivity index (χ4v) is 5.90. The Morgan fingerprint density at radius 2 is 1.58 bits per heavy atom. The molecule has 1 unspecified atom stereocenters. The van der Waals surface area contributed by atoms with E-state index >= 15 is 0 Å². The van der Waals surface area contributed by atoms with Crippen LogP contribution in [0.5, 0.6) is 5.75 Å². The van der Waals surface area contributed by atoms with E-state index in [0.717, 1.165) is 11.1 Å². The number of benzene rings is 4. The Bertz CT molecular complexity index is 2070. The maximum atomic E-state index is 12.6. The lowest BCUT2D eigenvalue weighted by atomic mass is 9.83. The molecule has 0 aliphatic carbocycles. The number of hydrogen-bond donors (Lipinski definition) is 2. The summed E-state index contributed by atoms with van der Waals surface area (Å²) in [6, 6.07) is 28.4. The van der Waals surface area contributed by atoms with E-state index in [1.54, 1.807) is 30.3 Å². The molecule has 0 radical (unpaired) electrons. The first-order valence-electron chi connectivity index (χ1n) is 15.5. The van der Waals surface area contributed by atoms with Crippen molar-refractivity contribution >= 4 is 27.6 Å². The van der Waals surface area contributed by atoms with Crippen LogP contribution in [-0.2, 0) is 22.0 Å². The third-order valence-corrected chi connectivity index (χ3v) is 9.06. The summed E-state index contributed by atoms with van der Waals surface area (Å²) in [7, 11) is -4.14. The molecule has 1 heterocycles. The van der Waals surface area contributed by atoms with Gasteiger partial charge < -0.3 is 15.0 Å². The van der Waals surface area contributed by atoms with Crippen molar-refractivity contribution in [2.24, 2.45) is 10.7 Å². The average molecular weight is 726 g/mol. The van der Waals surface area contributed by atoms with Crippen LogP contribution >= 0.6 is 11.6 Å². The fraction of sp³-hybridized carbons (Fsp3) is 0.243. The highest BCUT2D eigenvalue weighted by Crippen LogP contribution is 2.37. The first kappa shape index (κ1) is 36.6. The maximum absolute atomic E-state index is 12.6. The summed E-state index contributed by atoms with van der Waals surface area (Å²) in [5.41, 5.74) is 12.3. The molecule has 0 aliphatic heterocycles. The van der Waals surface area contributed by atoms with Crippen LogP contribution in [-0.4, -0.2) is 42.6 Å². The van der Waals surface area contributed by atoms with Crippen molar-refractivity contribution in [2.45, 2.75) is 44.9 Å². The van der Waals surface area contributed by atoms with Gasteiger partial charge in [0.25, 0.3) is 10.1 Å². The van der Waals surface area contributed by atoms with Crippen molar-refractivity contribution < 1.29 is 35.4 Å². The van der Waals surface area contributed by atoms with E-state index in [2.05, 4.69) is 59.9 Å². The number of ether oxygens (including phenoxy) is 1. The zero-order valence-corrected chi connectivity index (χ0v) is 29.0. The molecule has 262 valence electrons. The largest absolute Gasteiger partial charge is 0.573 e. The second-order valence-corrected chi connectivity index (χ2v) is 14.7. The van der Waals surface area contributed by atoms with Crippen LogP contribution in [0.4, 0.5) is 13.2 Å². The number of alkyl halides is 3. The Morgan fingerprint density at radius 3 is 2.18 bits per heavy atom. The van der Waals surface area contributed by atoms with Crippen molar-refractivity contribution in [3.63, 3.8) is 0 Å². The van der Waals surface area contributed by atoms with E-state index in [1.165, 1.54) is 29.8 Å². The van der Waals surface area contributed by atoms with Crippen LogP contribution in [0.25, 0.3) is 22.5 Å². The van der Waals surface area contributed by atoms with Crippen LogP contribution in [0.1, 0.15) is 54.6 Å². The minimum absolute atomic E-state index is 0.0360. The van der Waals surface area contributed by atoms with Gasteiger partial charge in [0.15, 0.2) is 5.76 Å². The van der Waals surface area contributed by atoms with Gasteiger partial charge in [0.05, 0.1) is 18.0 Å². The molecule has 0 saturated carbocycles. The molecule has 0 amide bonds. The van der Waals surface area contributed by atoms with Gasteiger partial charge in [-0.15, -0.1) is 13.2 Å². The van der Waals surface area contributed by atoms with E-state index in [0.29, 0.717) is 45.2 Å². The minimum Gasteiger partial charge on any atom is -0.406 e. The summed E-state index contributed by atoms with van der Waals surface area (Å²) in [5, 5.41) is 4.87. The molecule has 4 aromatic carbocycles. The predicted octanol–water partition coefficient (Wildman–Crippen LogP) is 8.83. The monoisotopic (exact) mass is 725 g/mol. The number of nitrogens with zero attached hydrogens (tertiary/aromatic N) is 2. The molecule has 50 heavy (non-hydrogen) atoms. The molecule has 0 saturated heterocycles. The fourth-order valence-electron chi connectivity index (χ4n) is 5.35. The van der Waals surface area contributed by atoms with E-state index in [-0.39, 0.29) is 29.5 Å². The van der Waals surface area contributed by atoms with Gasteiger partial charge >= 0.3 is 6.36 Å². The van der Waals surface area contributed by atoms with Gasteiger partial charge in [-0.3, -0.25) is 9.55 Å². The number of halogens is 4. The van der Waals surface area contributed by atoms with Gasteiger partial charge in [-0.25, -0.2) is 0 Å².